The minimum Gasteiger partial charge on any atom is -0.388 e. The fraction of sp³-hybridized carbons (Fsp3) is 0.556. The molecule has 0 aromatic carbocycles. The topological polar surface area (TPSA) is 119 Å². The van der Waals surface area contributed by atoms with Crippen LogP contribution in [-0.2, 0) is 0 Å². The van der Waals surface area contributed by atoms with E-state index in [1.807, 2.05) is 6.92 Å². The fourth-order valence-corrected chi connectivity index (χ4v) is 3.46. The summed E-state index contributed by atoms with van der Waals surface area (Å²) in [5.74, 6) is 5.75. The number of hydrogen-bond acceptors (Lipinski definition) is 6. The van der Waals surface area contributed by atoms with Crippen LogP contribution in [0.5, 0.6) is 0 Å². The van der Waals surface area contributed by atoms with Crippen molar-refractivity contribution in [1.82, 2.24) is 5.43 Å². The molecule has 0 amide bonds. The second-order valence-corrected chi connectivity index (χ2v) is 5.88. The summed E-state index contributed by atoms with van der Waals surface area (Å²) in [4.78, 5) is 0. The number of nitrogens with one attached hydrogen (secondary N) is 1. The van der Waals surface area contributed by atoms with Gasteiger partial charge in [0.25, 0.3) is 0 Å². The lowest BCUT2D eigenvalue weighted by Gasteiger charge is -2.57. The Kier molecular flexibility index (Phi) is 9.35. The largest absolute Gasteiger partial charge is 0.388 e. The Bertz CT molecular complexity index is 411. The van der Waals surface area contributed by atoms with Crippen molar-refractivity contribution < 1.29 is 20.4 Å². The van der Waals surface area contributed by atoms with Gasteiger partial charge in [-0.3, -0.25) is 5.84 Å². The Hall–Kier alpha value is -1.28. The van der Waals surface area contributed by atoms with E-state index < -0.39 is 35.4 Å². The van der Waals surface area contributed by atoms with Crippen molar-refractivity contribution in [3.8, 4) is 0 Å². The molecule has 0 fully saturated rings. The van der Waals surface area contributed by atoms with Crippen LogP contribution in [0.25, 0.3) is 0 Å². The van der Waals surface area contributed by atoms with Crippen LogP contribution in [0.4, 0.5) is 0 Å². The highest BCUT2D eigenvalue weighted by Crippen LogP contribution is 2.48. The number of aliphatic hydroxyl groups is 4. The summed E-state index contributed by atoms with van der Waals surface area (Å²) >= 11 is 0. The van der Waals surface area contributed by atoms with Crippen LogP contribution in [0.15, 0.2) is 50.6 Å². The molecule has 4 unspecified atom stereocenters. The number of rotatable bonds is 13. The van der Waals surface area contributed by atoms with Gasteiger partial charge in [-0.2, -0.15) is 0 Å². The molecule has 0 radical (unpaired) electrons. The smallest absolute Gasteiger partial charge is 0.102 e. The van der Waals surface area contributed by atoms with Gasteiger partial charge in [0, 0.05) is 0 Å². The first-order valence-corrected chi connectivity index (χ1v) is 8.00. The molecule has 7 N–H and O–H groups in total. The van der Waals surface area contributed by atoms with Crippen LogP contribution in [0.3, 0.4) is 0 Å². The van der Waals surface area contributed by atoms with Crippen LogP contribution in [0, 0.1) is 5.41 Å². The highest BCUT2D eigenvalue weighted by molar-refractivity contribution is 5.26. The average molecular weight is 340 g/mol. The molecule has 0 aliphatic rings. The lowest BCUT2D eigenvalue weighted by molar-refractivity contribution is -0.161. The summed E-state index contributed by atoms with van der Waals surface area (Å²) in [5, 5.41) is 42.7. The Labute approximate surface area is 144 Å². The molecular formula is C18H32N2O4. The van der Waals surface area contributed by atoms with Crippen LogP contribution in [0.1, 0.15) is 26.2 Å². The van der Waals surface area contributed by atoms with E-state index in [1.165, 1.54) is 24.3 Å². The molecule has 0 aromatic heterocycles. The maximum atomic E-state index is 10.7. The minimum atomic E-state index is -1.77. The molecule has 6 nitrogen and oxygen atoms in total. The maximum Gasteiger partial charge on any atom is 0.102 e. The van der Waals surface area contributed by atoms with E-state index in [2.05, 4.69) is 31.7 Å². The summed E-state index contributed by atoms with van der Waals surface area (Å²) in [5.41, 5.74) is -0.857. The number of hydrazine groups is 1. The second-order valence-electron chi connectivity index (χ2n) is 5.88. The van der Waals surface area contributed by atoms with Gasteiger partial charge >= 0.3 is 0 Å². The molecule has 0 aliphatic carbocycles. The summed E-state index contributed by atoms with van der Waals surface area (Å²) in [6, 6.07) is 0. The zero-order chi connectivity index (χ0) is 19.0. The van der Waals surface area contributed by atoms with Gasteiger partial charge in [-0.05, 0) is 6.42 Å². The van der Waals surface area contributed by atoms with E-state index in [-0.39, 0.29) is 6.42 Å². The van der Waals surface area contributed by atoms with Gasteiger partial charge in [0.1, 0.15) is 5.54 Å². The third-order valence-corrected chi connectivity index (χ3v) is 4.83. The molecule has 0 bridgehead atoms. The quantitative estimate of drug-likeness (QED) is 0.166. The van der Waals surface area contributed by atoms with E-state index in [9.17, 15) is 20.4 Å². The molecule has 0 spiro atoms. The zero-order valence-electron chi connectivity index (χ0n) is 14.4. The number of nitrogens with two attached hydrogens (primary N) is 1. The third-order valence-electron chi connectivity index (χ3n) is 4.83. The maximum absolute atomic E-state index is 10.7. The van der Waals surface area contributed by atoms with E-state index in [0.29, 0.717) is 6.42 Å². The molecule has 0 saturated carbocycles. The van der Waals surface area contributed by atoms with Gasteiger partial charge < -0.3 is 20.4 Å². The molecule has 0 saturated heterocycles. The van der Waals surface area contributed by atoms with Gasteiger partial charge in [-0.25, -0.2) is 5.43 Å². The van der Waals surface area contributed by atoms with Gasteiger partial charge in [-0.15, -0.1) is 26.3 Å². The highest BCUT2D eigenvalue weighted by atomic mass is 16.3. The van der Waals surface area contributed by atoms with Crippen molar-refractivity contribution >= 4 is 0 Å². The van der Waals surface area contributed by atoms with Crippen molar-refractivity contribution in [3.05, 3.63) is 50.6 Å². The Morgan fingerprint density at radius 3 is 1.50 bits per heavy atom. The van der Waals surface area contributed by atoms with Gasteiger partial charge in [0.05, 0.1) is 29.8 Å². The molecule has 0 aromatic rings. The van der Waals surface area contributed by atoms with E-state index in [1.54, 1.807) is 0 Å². The Balaban J connectivity index is 6.84. The summed E-state index contributed by atoms with van der Waals surface area (Å²) in [6.45, 7) is 16.2. The normalized spacial score (nSPS) is 21.4. The Morgan fingerprint density at radius 2 is 1.25 bits per heavy atom. The molecule has 4 atom stereocenters. The lowest BCUT2D eigenvalue weighted by Crippen LogP contribution is -2.77. The first kappa shape index (κ1) is 22.7. The van der Waals surface area contributed by atoms with E-state index in [4.69, 9.17) is 5.84 Å². The van der Waals surface area contributed by atoms with Crippen LogP contribution >= 0.6 is 0 Å². The number of hydrogen-bond donors (Lipinski definition) is 6. The molecule has 6 heteroatoms. The molecule has 24 heavy (non-hydrogen) atoms. The second kappa shape index (κ2) is 9.88. The predicted molar refractivity (Wildman–Crippen MR) is 96.8 cm³/mol. The van der Waals surface area contributed by atoms with Crippen molar-refractivity contribution in [1.29, 1.82) is 0 Å². The summed E-state index contributed by atoms with van der Waals surface area (Å²) in [7, 11) is 0. The number of aliphatic hydroxyl groups excluding tert-OH is 4. The molecular weight excluding hydrogens is 308 g/mol. The van der Waals surface area contributed by atoms with Gasteiger partial charge in [0.2, 0.25) is 0 Å². The predicted octanol–water partition coefficient (Wildman–Crippen LogP) is 0.553. The van der Waals surface area contributed by atoms with Crippen molar-refractivity contribution in [2.45, 2.75) is 56.1 Å². The van der Waals surface area contributed by atoms with Crippen molar-refractivity contribution in [2.24, 2.45) is 11.3 Å². The molecule has 0 rings (SSSR count). The number of unbranched alkanes of at least 4 members (excludes halogenated alkanes) is 1. The third kappa shape index (κ3) is 3.54. The van der Waals surface area contributed by atoms with Crippen molar-refractivity contribution in [3.63, 3.8) is 0 Å². The first-order chi connectivity index (χ1) is 11.3. The molecule has 0 aliphatic heterocycles. The minimum absolute atomic E-state index is 0.226. The fourth-order valence-electron chi connectivity index (χ4n) is 3.46. The van der Waals surface area contributed by atoms with Crippen LogP contribution < -0.4 is 11.3 Å². The molecule has 138 valence electrons. The van der Waals surface area contributed by atoms with Gasteiger partial charge in [-0.1, -0.05) is 44.1 Å². The Morgan fingerprint density at radius 1 is 0.875 bits per heavy atom. The monoisotopic (exact) mass is 340 g/mol. The van der Waals surface area contributed by atoms with E-state index in [0.717, 1.165) is 6.42 Å². The average Bonchev–Trinajstić information content (AvgIpc) is 2.62. The zero-order valence-corrected chi connectivity index (χ0v) is 14.4. The van der Waals surface area contributed by atoms with Crippen molar-refractivity contribution in [2.75, 3.05) is 0 Å². The van der Waals surface area contributed by atoms with E-state index >= 15 is 0 Å². The highest BCUT2D eigenvalue weighted by Gasteiger charge is 2.63. The SMILES string of the molecule is C=CC(O)C(CCCC)(C(O)C=C)C(NN)(C(O)C=C)C(O)C=C. The lowest BCUT2D eigenvalue weighted by atomic mass is 9.55. The standard InChI is InChI=1S/C18H32N2O4/c1-6-11-12-17(13(21)7-2,14(22)8-3)18(20-19,15(23)9-4)16(24)10-5/h7-10,13-16,20-24H,2-6,11-12,19H2,1H3. The molecule has 0 heterocycles. The van der Waals surface area contributed by atoms with Crippen LogP contribution in [0.2, 0.25) is 0 Å². The first-order valence-electron chi connectivity index (χ1n) is 8.00. The summed E-state index contributed by atoms with van der Waals surface area (Å²) in [6.07, 6.45) is 0.974. The van der Waals surface area contributed by atoms with Crippen LogP contribution in [-0.4, -0.2) is 50.4 Å². The van der Waals surface area contributed by atoms with Gasteiger partial charge in [0.15, 0.2) is 0 Å². The summed E-state index contributed by atoms with van der Waals surface area (Å²) < 4.78 is 0.